The van der Waals surface area contributed by atoms with Gasteiger partial charge in [0.25, 0.3) is 5.91 Å². The van der Waals surface area contributed by atoms with Crippen LogP contribution in [0.2, 0.25) is 0 Å². The van der Waals surface area contributed by atoms with E-state index < -0.39 is 5.97 Å². The summed E-state index contributed by atoms with van der Waals surface area (Å²) in [7, 11) is 0. The number of hydrogen-bond acceptors (Lipinski definition) is 5. The molecular formula is C37H53N3O4. The number of carbonyl (C=O) groups is 3. The molecule has 0 aliphatic heterocycles. The summed E-state index contributed by atoms with van der Waals surface area (Å²) < 4.78 is 6.94. The second-order valence-corrected chi connectivity index (χ2v) is 11.6. The molecule has 0 bridgehead atoms. The van der Waals surface area contributed by atoms with Crippen LogP contribution in [0.5, 0.6) is 0 Å². The van der Waals surface area contributed by atoms with Gasteiger partial charge in [-0.3, -0.25) is 14.4 Å². The van der Waals surface area contributed by atoms with Crippen molar-refractivity contribution in [2.45, 2.75) is 92.4 Å². The highest BCUT2D eigenvalue weighted by molar-refractivity contribution is 6.10. The van der Waals surface area contributed by atoms with E-state index in [1.54, 1.807) is 19.2 Å². The van der Waals surface area contributed by atoms with Crippen molar-refractivity contribution in [1.29, 1.82) is 0 Å². The topological polar surface area (TPSA) is 71.3 Å². The molecule has 0 saturated heterocycles. The Balaban J connectivity index is 1.78. The van der Waals surface area contributed by atoms with Crippen molar-refractivity contribution in [1.82, 2.24) is 14.2 Å². The number of likely N-dealkylation sites (N-methyl/N-ethyl adjacent to an activating group) is 1. The lowest BCUT2D eigenvalue weighted by molar-refractivity contribution is -0.143. The van der Waals surface area contributed by atoms with E-state index in [9.17, 15) is 14.4 Å². The van der Waals surface area contributed by atoms with E-state index in [4.69, 9.17) is 4.74 Å². The smallest absolute Gasteiger partial charge is 0.325 e. The number of aryl methyl sites for hydroxylation is 2. The summed E-state index contributed by atoms with van der Waals surface area (Å²) in [6.07, 6.45) is 11.6. The van der Waals surface area contributed by atoms with Crippen LogP contribution < -0.4 is 0 Å². The molecule has 7 heteroatoms. The first kappa shape index (κ1) is 35.0. The standard InChI is InChI=1S/C37H53N3O4/c1-6-11-16-31-26-33-27-32(37(43)39(9-4)28-34(41)44-10-5)21-25-40(33)35(31)36(42)30-19-17-29(18-20-30)15-14-24-38(22-12-7-2)23-13-8-3/h17-21,25-27H,6-16,22-24,28H2,1-5H3. The van der Waals surface area contributed by atoms with Gasteiger partial charge in [0.1, 0.15) is 6.54 Å². The van der Waals surface area contributed by atoms with Crippen LogP contribution in [0, 0.1) is 0 Å². The summed E-state index contributed by atoms with van der Waals surface area (Å²) >= 11 is 0. The fourth-order valence-electron chi connectivity index (χ4n) is 5.62. The first-order valence-corrected chi connectivity index (χ1v) is 16.8. The molecule has 0 atom stereocenters. The first-order chi connectivity index (χ1) is 21.4. The summed E-state index contributed by atoms with van der Waals surface area (Å²) in [5.74, 6) is -0.667. The van der Waals surface area contributed by atoms with Crippen LogP contribution in [0.25, 0.3) is 5.52 Å². The lowest BCUT2D eigenvalue weighted by atomic mass is 10.00. The molecule has 2 heterocycles. The van der Waals surface area contributed by atoms with Crippen molar-refractivity contribution < 1.29 is 19.1 Å². The second-order valence-electron chi connectivity index (χ2n) is 11.6. The zero-order valence-corrected chi connectivity index (χ0v) is 27.7. The Kier molecular flexibility index (Phi) is 14.6. The number of hydrogen-bond donors (Lipinski definition) is 0. The molecule has 0 unspecified atom stereocenters. The monoisotopic (exact) mass is 603 g/mol. The summed E-state index contributed by atoms with van der Waals surface area (Å²) in [4.78, 5) is 43.3. The maximum atomic E-state index is 13.9. The van der Waals surface area contributed by atoms with Crippen molar-refractivity contribution in [3.05, 3.63) is 76.6 Å². The number of carbonyl (C=O) groups excluding carboxylic acids is 3. The number of esters is 1. The van der Waals surface area contributed by atoms with E-state index >= 15 is 0 Å². The summed E-state index contributed by atoms with van der Waals surface area (Å²) in [5.41, 5.74) is 4.85. The van der Waals surface area contributed by atoms with Crippen LogP contribution >= 0.6 is 0 Å². The van der Waals surface area contributed by atoms with Crippen molar-refractivity contribution in [3.63, 3.8) is 0 Å². The number of aromatic nitrogens is 1. The minimum atomic E-state index is -0.423. The van der Waals surface area contributed by atoms with Crippen LogP contribution in [-0.4, -0.2) is 71.2 Å². The summed E-state index contributed by atoms with van der Waals surface area (Å²) in [6.45, 7) is 14.3. The Morgan fingerprint density at radius 1 is 0.750 bits per heavy atom. The van der Waals surface area contributed by atoms with Gasteiger partial charge in [-0.2, -0.15) is 0 Å². The van der Waals surface area contributed by atoms with E-state index in [1.807, 2.05) is 35.6 Å². The highest BCUT2D eigenvalue weighted by atomic mass is 16.5. The summed E-state index contributed by atoms with van der Waals surface area (Å²) in [6, 6.07) is 13.7. The number of fused-ring (bicyclic) bond motifs is 1. The highest BCUT2D eigenvalue weighted by Gasteiger charge is 2.22. The highest BCUT2D eigenvalue weighted by Crippen LogP contribution is 2.24. The van der Waals surface area contributed by atoms with Gasteiger partial charge >= 0.3 is 5.97 Å². The van der Waals surface area contributed by atoms with Crippen LogP contribution in [-0.2, 0) is 22.4 Å². The van der Waals surface area contributed by atoms with Gasteiger partial charge in [-0.05, 0) is 101 Å². The molecule has 3 aromatic rings. The summed E-state index contributed by atoms with van der Waals surface area (Å²) in [5, 5.41) is 0. The van der Waals surface area contributed by atoms with E-state index in [0.29, 0.717) is 23.4 Å². The number of benzene rings is 1. The van der Waals surface area contributed by atoms with Gasteiger partial charge in [0.15, 0.2) is 0 Å². The molecule has 1 amide bonds. The molecule has 0 aliphatic carbocycles. The minimum Gasteiger partial charge on any atom is -0.465 e. The van der Waals surface area contributed by atoms with Gasteiger partial charge in [-0.1, -0.05) is 64.3 Å². The molecule has 0 spiro atoms. The molecule has 44 heavy (non-hydrogen) atoms. The molecule has 0 saturated carbocycles. The average molecular weight is 604 g/mol. The molecule has 3 rings (SSSR count). The Morgan fingerprint density at radius 2 is 1.41 bits per heavy atom. The van der Waals surface area contributed by atoms with Crippen molar-refractivity contribution in [2.75, 3.05) is 39.3 Å². The lowest BCUT2D eigenvalue weighted by Crippen LogP contribution is -2.36. The number of ketones is 1. The van der Waals surface area contributed by atoms with Crippen LogP contribution in [0.4, 0.5) is 0 Å². The maximum absolute atomic E-state index is 13.9. The maximum Gasteiger partial charge on any atom is 0.325 e. The molecule has 0 radical (unpaired) electrons. The number of amides is 1. The molecule has 0 N–H and O–H groups in total. The molecule has 2 aromatic heterocycles. The van der Waals surface area contributed by atoms with Gasteiger partial charge in [-0.25, -0.2) is 0 Å². The SMILES string of the molecule is CCCCc1cc2cc(C(=O)N(CC)CC(=O)OCC)ccn2c1C(=O)c1ccc(CCCN(CCCC)CCCC)cc1. The van der Waals surface area contributed by atoms with Gasteiger partial charge in [0, 0.05) is 29.4 Å². The Bertz CT molecular complexity index is 1340. The van der Waals surface area contributed by atoms with E-state index in [0.717, 1.165) is 49.7 Å². The fourth-order valence-corrected chi connectivity index (χ4v) is 5.62. The molecule has 0 aliphatic rings. The van der Waals surface area contributed by atoms with Crippen LogP contribution in [0.1, 0.15) is 117 Å². The van der Waals surface area contributed by atoms with Crippen molar-refractivity contribution >= 4 is 23.2 Å². The lowest BCUT2D eigenvalue weighted by Gasteiger charge is -2.21. The molecule has 0 fully saturated rings. The number of unbranched alkanes of at least 4 members (excludes halogenated alkanes) is 3. The predicted molar refractivity (Wildman–Crippen MR) is 179 cm³/mol. The fraction of sp³-hybridized carbons (Fsp3) is 0.541. The van der Waals surface area contributed by atoms with Gasteiger partial charge < -0.3 is 18.9 Å². The largest absolute Gasteiger partial charge is 0.465 e. The molecule has 1 aromatic carbocycles. The zero-order valence-electron chi connectivity index (χ0n) is 27.7. The third-order valence-electron chi connectivity index (χ3n) is 8.22. The predicted octanol–water partition coefficient (Wildman–Crippen LogP) is 7.37. The van der Waals surface area contributed by atoms with Crippen molar-refractivity contribution in [3.8, 4) is 0 Å². The number of pyridine rings is 1. The van der Waals surface area contributed by atoms with Crippen molar-refractivity contribution in [2.24, 2.45) is 0 Å². The second kappa shape index (κ2) is 18.4. The number of nitrogens with zero attached hydrogens (tertiary/aromatic N) is 3. The number of rotatable bonds is 20. The Morgan fingerprint density at radius 3 is 2.02 bits per heavy atom. The van der Waals surface area contributed by atoms with Gasteiger partial charge in [0.2, 0.25) is 5.78 Å². The molecule has 7 nitrogen and oxygen atoms in total. The average Bonchev–Trinajstić information content (AvgIpc) is 3.40. The quantitative estimate of drug-likeness (QED) is 0.0996. The Labute approximate surface area is 264 Å². The third-order valence-corrected chi connectivity index (χ3v) is 8.22. The van der Waals surface area contributed by atoms with Crippen LogP contribution in [0.3, 0.4) is 0 Å². The van der Waals surface area contributed by atoms with E-state index in [-0.39, 0.29) is 24.8 Å². The zero-order chi connectivity index (χ0) is 31.9. The van der Waals surface area contributed by atoms with E-state index in [1.165, 1.54) is 49.2 Å². The van der Waals surface area contributed by atoms with Crippen LogP contribution in [0.15, 0.2) is 48.7 Å². The third kappa shape index (κ3) is 9.78. The van der Waals surface area contributed by atoms with Gasteiger partial charge in [-0.15, -0.1) is 0 Å². The van der Waals surface area contributed by atoms with E-state index in [2.05, 4.69) is 37.8 Å². The van der Waals surface area contributed by atoms with Gasteiger partial charge in [0.05, 0.1) is 12.3 Å². The normalized spacial score (nSPS) is 11.3. The minimum absolute atomic E-state index is 0.00969. The molecule has 240 valence electrons. The Hall–Kier alpha value is -3.45. The first-order valence-electron chi connectivity index (χ1n) is 16.8. The number of ether oxygens (including phenoxy) is 1. The molecular weight excluding hydrogens is 550 g/mol.